The van der Waals surface area contributed by atoms with E-state index in [1.54, 1.807) is 0 Å². The summed E-state index contributed by atoms with van der Waals surface area (Å²) in [5.74, 6) is -0.0435. The van der Waals surface area contributed by atoms with Crippen molar-refractivity contribution in [2.45, 2.75) is 0 Å². The minimum absolute atomic E-state index is 0.356. The highest BCUT2D eigenvalue weighted by Gasteiger charge is 2.40. The van der Waals surface area contributed by atoms with E-state index in [9.17, 15) is 4.79 Å². The molecule has 3 aromatic rings. The van der Waals surface area contributed by atoms with Crippen LogP contribution >= 0.6 is 0 Å². The monoisotopic (exact) mass is 349 g/mol. The second-order valence-corrected chi connectivity index (χ2v) is 6.38. The van der Waals surface area contributed by atoms with Crippen LogP contribution in [0.3, 0.4) is 0 Å². The van der Waals surface area contributed by atoms with Crippen molar-refractivity contribution in [3.8, 4) is 0 Å². The molecule has 1 aliphatic heterocycles. The Labute approximate surface area is 157 Å². The maximum absolute atomic E-state index is 12.6. The van der Waals surface area contributed by atoms with Gasteiger partial charge in [0.1, 0.15) is 0 Å². The lowest BCUT2D eigenvalue weighted by atomic mass is 10.1. The molecule has 0 saturated carbocycles. The van der Waals surface area contributed by atoms with E-state index in [2.05, 4.69) is 4.99 Å². The molecule has 5 rings (SSSR count). The highest BCUT2D eigenvalue weighted by molar-refractivity contribution is 6.30. The molecule has 3 nitrogen and oxygen atoms in total. The summed E-state index contributed by atoms with van der Waals surface area (Å²) in [6.45, 7) is 0. The van der Waals surface area contributed by atoms with E-state index in [-0.39, 0.29) is 0 Å². The van der Waals surface area contributed by atoms with Gasteiger partial charge in [0, 0.05) is 22.3 Å². The molecule has 0 spiro atoms. The van der Waals surface area contributed by atoms with Gasteiger partial charge in [-0.15, -0.1) is 0 Å². The van der Waals surface area contributed by atoms with Crippen molar-refractivity contribution >= 4 is 23.0 Å². The fourth-order valence-corrected chi connectivity index (χ4v) is 3.38. The molecule has 0 fully saturated rings. The quantitative estimate of drug-likeness (QED) is 0.500. The van der Waals surface area contributed by atoms with E-state index < -0.39 is 5.97 Å². The Kier molecular flexibility index (Phi) is 3.58. The third-order valence-electron chi connectivity index (χ3n) is 4.67. The molecular weight excluding hydrogens is 334 g/mol. The van der Waals surface area contributed by atoms with Crippen molar-refractivity contribution in [3.63, 3.8) is 0 Å². The molecular formula is C24H15NO2. The first-order valence-corrected chi connectivity index (χ1v) is 8.79. The lowest BCUT2D eigenvalue weighted by Crippen LogP contribution is -2.05. The number of allylic oxidation sites excluding steroid dienone is 3. The first-order chi connectivity index (χ1) is 13.3. The van der Waals surface area contributed by atoms with Crippen LogP contribution < -0.4 is 0 Å². The van der Waals surface area contributed by atoms with E-state index in [1.807, 2.05) is 91.0 Å². The number of rotatable bonds is 3. The van der Waals surface area contributed by atoms with Gasteiger partial charge in [0.25, 0.3) is 0 Å². The molecule has 0 radical (unpaired) electrons. The number of aliphatic imine (C=N–C) groups is 1. The zero-order chi connectivity index (χ0) is 18.2. The molecule has 3 aromatic carbocycles. The minimum atomic E-state index is -0.400. The predicted octanol–water partition coefficient (Wildman–Crippen LogP) is 4.87. The van der Waals surface area contributed by atoms with Crippen molar-refractivity contribution in [1.29, 1.82) is 0 Å². The van der Waals surface area contributed by atoms with E-state index in [1.165, 1.54) is 0 Å². The number of benzene rings is 3. The maximum atomic E-state index is 12.6. The van der Waals surface area contributed by atoms with Crippen LogP contribution in [0.1, 0.15) is 16.7 Å². The maximum Gasteiger partial charge on any atom is 0.364 e. The fourth-order valence-electron chi connectivity index (χ4n) is 3.38. The summed E-state index contributed by atoms with van der Waals surface area (Å²) in [7, 11) is 0. The van der Waals surface area contributed by atoms with E-state index in [0.29, 0.717) is 11.6 Å². The number of carbonyl (C=O) groups excluding carboxylic acids is 1. The zero-order valence-electron chi connectivity index (χ0n) is 14.4. The lowest BCUT2D eigenvalue weighted by Gasteiger charge is -1.97. The van der Waals surface area contributed by atoms with Gasteiger partial charge in [-0.25, -0.2) is 9.79 Å². The molecule has 0 saturated heterocycles. The third-order valence-corrected chi connectivity index (χ3v) is 4.67. The van der Waals surface area contributed by atoms with Gasteiger partial charge in [-0.05, 0) is 23.3 Å². The molecule has 1 heterocycles. The summed E-state index contributed by atoms with van der Waals surface area (Å²) in [6.07, 6.45) is 0. The van der Waals surface area contributed by atoms with Crippen molar-refractivity contribution in [2.24, 2.45) is 4.99 Å². The van der Waals surface area contributed by atoms with Crippen LogP contribution in [-0.4, -0.2) is 11.9 Å². The SMILES string of the molecule is O=C1OC(c2ccccc2)=NC1=C1C(c2ccccc2)=C1c1ccccc1. The van der Waals surface area contributed by atoms with Crippen molar-refractivity contribution in [3.05, 3.63) is 119 Å². The Hall–Kier alpha value is -3.72. The van der Waals surface area contributed by atoms with Gasteiger partial charge in [0.15, 0.2) is 5.70 Å². The average molecular weight is 349 g/mol. The van der Waals surface area contributed by atoms with Gasteiger partial charge in [-0.2, -0.15) is 0 Å². The van der Waals surface area contributed by atoms with Gasteiger partial charge in [-0.3, -0.25) is 0 Å². The van der Waals surface area contributed by atoms with Crippen LogP contribution in [0.2, 0.25) is 0 Å². The van der Waals surface area contributed by atoms with Crippen LogP contribution in [0.25, 0.3) is 11.1 Å². The molecule has 1 aliphatic carbocycles. The Morgan fingerprint density at radius 1 is 0.556 bits per heavy atom. The highest BCUT2D eigenvalue weighted by Crippen LogP contribution is 2.55. The molecule has 3 heteroatoms. The first kappa shape index (κ1) is 15.5. The van der Waals surface area contributed by atoms with Crippen LogP contribution in [0.15, 0.2) is 107 Å². The standard InChI is InChI=1S/C24H15NO2/c26-24-22(25-23(27-24)18-14-8-3-9-15-18)21-19(16-10-4-1-5-11-16)20(21)17-12-6-2-7-13-17/h1-15H. The normalized spacial score (nSPS) is 15.7. The molecule has 0 bridgehead atoms. The Balaban J connectivity index is 1.64. The van der Waals surface area contributed by atoms with Crippen LogP contribution in [0.5, 0.6) is 0 Å². The third kappa shape index (κ3) is 2.70. The van der Waals surface area contributed by atoms with Gasteiger partial charge >= 0.3 is 5.97 Å². The smallest absolute Gasteiger partial charge is 0.364 e. The topological polar surface area (TPSA) is 38.7 Å². The molecule has 0 N–H and O–H groups in total. The Morgan fingerprint density at radius 2 is 1.00 bits per heavy atom. The van der Waals surface area contributed by atoms with Crippen molar-refractivity contribution < 1.29 is 9.53 Å². The van der Waals surface area contributed by atoms with E-state index >= 15 is 0 Å². The summed E-state index contributed by atoms with van der Waals surface area (Å²) in [6, 6.07) is 29.6. The molecule has 0 amide bonds. The Morgan fingerprint density at radius 3 is 1.48 bits per heavy atom. The molecule has 0 atom stereocenters. The van der Waals surface area contributed by atoms with Gasteiger partial charge in [0.05, 0.1) is 0 Å². The summed E-state index contributed by atoms with van der Waals surface area (Å²) in [4.78, 5) is 17.1. The first-order valence-electron chi connectivity index (χ1n) is 8.79. The number of ether oxygens (including phenoxy) is 1. The van der Waals surface area contributed by atoms with Crippen molar-refractivity contribution in [1.82, 2.24) is 0 Å². The second-order valence-electron chi connectivity index (χ2n) is 6.38. The summed E-state index contributed by atoms with van der Waals surface area (Å²) < 4.78 is 5.46. The van der Waals surface area contributed by atoms with Crippen LogP contribution in [0.4, 0.5) is 0 Å². The zero-order valence-corrected chi connectivity index (χ0v) is 14.4. The number of hydrogen-bond acceptors (Lipinski definition) is 3. The van der Waals surface area contributed by atoms with Crippen LogP contribution in [-0.2, 0) is 9.53 Å². The predicted molar refractivity (Wildman–Crippen MR) is 106 cm³/mol. The summed E-state index contributed by atoms with van der Waals surface area (Å²) in [5.41, 5.74) is 6.34. The van der Waals surface area contributed by atoms with Crippen LogP contribution in [0, 0.1) is 0 Å². The minimum Gasteiger partial charge on any atom is -0.402 e. The molecule has 128 valence electrons. The number of carbonyl (C=O) groups is 1. The van der Waals surface area contributed by atoms with Gasteiger partial charge in [0.2, 0.25) is 5.90 Å². The molecule has 27 heavy (non-hydrogen) atoms. The van der Waals surface area contributed by atoms with E-state index in [0.717, 1.165) is 33.4 Å². The van der Waals surface area contributed by atoms with E-state index in [4.69, 9.17) is 4.74 Å². The van der Waals surface area contributed by atoms with Gasteiger partial charge < -0.3 is 4.74 Å². The number of cyclic esters (lactones) is 1. The lowest BCUT2D eigenvalue weighted by molar-refractivity contribution is -0.130. The number of hydrogen-bond donors (Lipinski definition) is 0. The largest absolute Gasteiger partial charge is 0.402 e. The molecule has 2 aliphatic rings. The second kappa shape index (κ2) is 6.22. The summed E-state index contributed by atoms with van der Waals surface area (Å²) in [5, 5.41) is 0. The van der Waals surface area contributed by atoms with Crippen molar-refractivity contribution in [2.75, 3.05) is 0 Å². The highest BCUT2D eigenvalue weighted by atomic mass is 16.6. The average Bonchev–Trinajstić information content (AvgIpc) is 3.36. The summed E-state index contributed by atoms with van der Waals surface area (Å²) >= 11 is 0. The molecule has 0 unspecified atom stereocenters. The van der Waals surface area contributed by atoms with Gasteiger partial charge in [-0.1, -0.05) is 78.9 Å². The fraction of sp³-hybridized carbons (Fsp3) is 0. The molecule has 0 aromatic heterocycles. The Bertz CT molecular complexity index is 1070. The number of nitrogens with zero attached hydrogens (tertiary/aromatic N) is 1. The number of esters is 1.